The zero-order valence-corrected chi connectivity index (χ0v) is 12.4. The monoisotopic (exact) mass is 252 g/mol. The normalized spacial score (nSPS) is 27.2. The van der Waals surface area contributed by atoms with Gasteiger partial charge in [0.15, 0.2) is 0 Å². The van der Waals surface area contributed by atoms with Gasteiger partial charge in [0.1, 0.15) is 0 Å². The quantitative estimate of drug-likeness (QED) is 0.680. The van der Waals surface area contributed by atoms with Gasteiger partial charge in [-0.1, -0.05) is 26.7 Å². The van der Waals surface area contributed by atoms with Gasteiger partial charge in [-0.15, -0.1) is 0 Å². The van der Waals surface area contributed by atoms with E-state index in [9.17, 15) is 0 Å². The molecule has 0 radical (unpaired) electrons. The third kappa shape index (κ3) is 4.24. The lowest BCUT2D eigenvalue weighted by Crippen LogP contribution is -2.34. The van der Waals surface area contributed by atoms with Crippen LogP contribution in [0.5, 0.6) is 0 Å². The van der Waals surface area contributed by atoms with E-state index in [0.29, 0.717) is 5.41 Å². The maximum atomic E-state index is 3.77. The summed E-state index contributed by atoms with van der Waals surface area (Å²) in [6.45, 7) is 9.74. The summed E-state index contributed by atoms with van der Waals surface area (Å²) in [5.74, 6) is 1.78. The van der Waals surface area contributed by atoms with E-state index in [-0.39, 0.29) is 0 Å². The zero-order valence-electron chi connectivity index (χ0n) is 12.4. The number of hydrogen-bond acceptors (Lipinski definition) is 2. The second-order valence-corrected chi connectivity index (χ2v) is 7.13. The van der Waals surface area contributed by atoms with Crippen molar-refractivity contribution in [3.05, 3.63) is 0 Å². The van der Waals surface area contributed by atoms with E-state index in [0.717, 1.165) is 11.8 Å². The average Bonchev–Trinajstić information content (AvgIpc) is 2.95. The van der Waals surface area contributed by atoms with E-state index in [1.807, 2.05) is 0 Å². The number of hydrogen-bond donors (Lipinski definition) is 2. The maximum Gasteiger partial charge on any atom is 0.000791 e. The van der Waals surface area contributed by atoms with Crippen molar-refractivity contribution in [2.24, 2.45) is 17.3 Å². The van der Waals surface area contributed by atoms with Gasteiger partial charge in [-0.25, -0.2) is 0 Å². The van der Waals surface area contributed by atoms with Crippen LogP contribution >= 0.6 is 0 Å². The van der Waals surface area contributed by atoms with Crippen LogP contribution in [0.1, 0.15) is 58.8 Å². The Morgan fingerprint density at radius 1 is 1.28 bits per heavy atom. The Morgan fingerprint density at radius 2 is 2.06 bits per heavy atom. The molecule has 2 N–H and O–H groups in total. The molecule has 2 nitrogen and oxygen atoms in total. The Morgan fingerprint density at radius 3 is 2.67 bits per heavy atom. The molecule has 0 aromatic carbocycles. The highest BCUT2D eigenvalue weighted by Crippen LogP contribution is 2.42. The molecule has 0 aromatic heterocycles. The molecule has 0 amide bonds. The van der Waals surface area contributed by atoms with Crippen molar-refractivity contribution >= 4 is 0 Å². The van der Waals surface area contributed by atoms with Crippen LogP contribution in [0, 0.1) is 17.3 Å². The van der Waals surface area contributed by atoms with Gasteiger partial charge < -0.3 is 10.6 Å². The first kappa shape index (κ1) is 14.3. The SMILES string of the molecule is CC(C)CC1(CNCCC2CCNC2)CCCC1. The highest BCUT2D eigenvalue weighted by atomic mass is 14.9. The molecule has 2 rings (SSSR count). The van der Waals surface area contributed by atoms with Crippen molar-refractivity contribution in [2.75, 3.05) is 26.2 Å². The van der Waals surface area contributed by atoms with E-state index < -0.39 is 0 Å². The maximum absolute atomic E-state index is 3.77. The molecule has 2 heteroatoms. The van der Waals surface area contributed by atoms with Crippen LogP contribution in [0.2, 0.25) is 0 Å². The van der Waals surface area contributed by atoms with E-state index in [1.54, 1.807) is 0 Å². The fraction of sp³-hybridized carbons (Fsp3) is 1.00. The van der Waals surface area contributed by atoms with Crippen molar-refractivity contribution in [3.8, 4) is 0 Å². The van der Waals surface area contributed by atoms with E-state index >= 15 is 0 Å². The van der Waals surface area contributed by atoms with Crippen LogP contribution in [-0.4, -0.2) is 26.2 Å². The fourth-order valence-corrected chi connectivity index (χ4v) is 4.06. The number of nitrogens with one attached hydrogen (secondary N) is 2. The third-order valence-corrected chi connectivity index (χ3v) is 4.90. The second kappa shape index (κ2) is 6.91. The van der Waals surface area contributed by atoms with Crippen molar-refractivity contribution in [1.29, 1.82) is 0 Å². The molecule has 1 aliphatic heterocycles. The Balaban J connectivity index is 1.65. The zero-order chi connectivity index (χ0) is 12.8. The van der Waals surface area contributed by atoms with Crippen LogP contribution < -0.4 is 10.6 Å². The highest BCUT2D eigenvalue weighted by Gasteiger charge is 2.33. The van der Waals surface area contributed by atoms with Crippen LogP contribution in [0.25, 0.3) is 0 Å². The first-order valence-corrected chi connectivity index (χ1v) is 8.12. The molecule has 2 fully saturated rings. The summed E-state index contributed by atoms with van der Waals surface area (Å²) < 4.78 is 0. The Bertz CT molecular complexity index is 225. The summed E-state index contributed by atoms with van der Waals surface area (Å²) in [5, 5.41) is 7.23. The largest absolute Gasteiger partial charge is 0.316 e. The van der Waals surface area contributed by atoms with Gasteiger partial charge >= 0.3 is 0 Å². The van der Waals surface area contributed by atoms with Gasteiger partial charge in [0.2, 0.25) is 0 Å². The van der Waals surface area contributed by atoms with Crippen molar-refractivity contribution in [1.82, 2.24) is 10.6 Å². The van der Waals surface area contributed by atoms with Gasteiger partial charge in [-0.3, -0.25) is 0 Å². The molecular formula is C16H32N2. The van der Waals surface area contributed by atoms with E-state index in [2.05, 4.69) is 24.5 Å². The second-order valence-electron chi connectivity index (χ2n) is 7.13. The van der Waals surface area contributed by atoms with Gasteiger partial charge in [0.25, 0.3) is 0 Å². The molecule has 1 heterocycles. The molecule has 1 saturated carbocycles. The van der Waals surface area contributed by atoms with Crippen molar-refractivity contribution in [2.45, 2.75) is 58.8 Å². The third-order valence-electron chi connectivity index (χ3n) is 4.90. The lowest BCUT2D eigenvalue weighted by atomic mass is 9.78. The molecular weight excluding hydrogens is 220 g/mol. The Hall–Kier alpha value is -0.0800. The summed E-state index contributed by atoms with van der Waals surface area (Å²) >= 11 is 0. The minimum Gasteiger partial charge on any atom is -0.316 e. The molecule has 1 unspecified atom stereocenters. The molecule has 106 valence electrons. The molecule has 18 heavy (non-hydrogen) atoms. The summed E-state index contributed by atoms with van der Waals surface area (Å²) in [4.78, 5) is 0. The standard InChI is InChI=1S/C16H32N2/c1-14(2)11-16(7-3-4-8-16)13-18-10-6-15-5-9-17-12-15/h14-15,17-18H,3-13H2,1-2H3. The van der Waals surface area contributed by atoms with Crippen LogP contribution in [-0.2, 0) is 0 Å². The predicted molar refractivity (Wildman–Crippen MR) is 78.8 cm³/mol. The summed E-state index contributed by atoms with van der Waals surface area (Å²) in [7, 11) is 0. The molecule has 1 atom stereocenters. The lowest BCUT2D eigenvalue weighted by Gasteiger charge is -2.31. The molecule has 2 aliphatic rings. The Kier molecular flexibility index (Phi) is 5.50. The fourth-order valence-electron chi connectivity index (χ4n) is 4.06. The topological polar surface area (TPSA) is 24.1 Å². The van der Waals surface area contributed by atoms with Crippen LogP contribution in [0.4, 0.5) is 0 Å². The number of rotatable bonds is 7. The molecule has 0 spiro atoms. The highest BCUT2D eigenvalue weighted by molar-refractivity contribution is 4.87. The average molecular weight is 252 g/mol. The molecule has 1 aliphatic carbocycles. The van der Waals surface area contributed by atoms with E-state index in [1.165, 1.54) is 71.1 Å². The molecule has 0 aromatic rings. The van der Waals surface area contributed by atoms with Crippen molar-refractivity contribution in [3.63, 3.8) is 0 Å². The first-order valence-electron chi connectivity index (χ1n) is 8.12. The Labute approximate surface area is 113 Å². The first-order chi connectivity index (χ1) is 8.70. The minimum absolute atomic E-state index is 0.641. The minimum atomic E-state index is 0.641. The van der Waals surface area contributed by atoms with Crippen LogP contribution in [0.3, 0.4) is 0 Å². The van der Waals surface area contributed by atoms with Gasteiger partial charge in [0.05, 0.1) is 0 Å². The predicted octanol–water partition coefficient (Wildman–Crippen LogP) is 3.18. The molecule has 0 bridgehead atoms. The van der Waals surface area contributed by atoms with Gasteiger partial charge in [0, 0.05) is 6.54 Å². The van der Waals surface area contributed by atoms with E-state index in [4.69, 9.17) is 0 Å². The van der Waals surface area contributed by atoms with Crippen molar-refractivity contribution < 1.29 is 0 Å². The summed E-state index contributed by atoms with van der Waals surface area (Å²) in [6.07, 6.45) is 10.0. The molecule has 1 saturated heterocycles. The van der Waals surface area contributed by atoms with Gasteiger partial charge in [-0.05, 0) is 69.0 Å². The van der Waals surface area contributed by atoms with Gasteiger partial charge in [-0.2, -0.15) is 0 Å². The van der Waals surface area contributed by atoms with Crippen LogP contribution in [0.15, 0.2) is 0 Å². The summed E-state index contributed by atoms with van der Waals surface area (Å²) in [6, 6.07) is 0. The smallest absolute Gasteiger partial charge is 0.000791 e. The lowest BCUT2D eigenvalue weighted by molar-refractivity contribution is 0.222. The summed E-state index contributed by atoms with van der Waals surface area (Å²) in [5.41, 5.74) is 0.641.